The molecule has 6 heteroatoms. The molecule has 4 nitrogen and oxygen atoms in total. The number of hydrogen-bond donors (Lipinski definition) is 0. The van der Waals surface area contributed by atoms with E-state index >= 15 is 0 Å². The minimum absolute atomic E-state index is 0.109. The topological polar surface area (TPSA) is 38.8 Å². The Balaban J connectivity index is 1.82. The van der Waals surface area contributed by atoms with Crippen molar-refractivity contribution in [1.82, 2.24) is 4.90 Å². The predicted octanol–water partition coefficient (Wildman–Crippen LogP) is 3.43. The Morgan fingerprint density at radius 2 is 2.05 bits per heavy atom. The Morgan fingerprint density at radius 1 is 1.40 bits per heavy atom. The fourth-order valence-corrected chi connectivity index (χ4v) is 2.07. The zero-order valence-electron chi connectivity index (χ0n) is 11.7. The molecule has 20 heavy (non-hydrogen) atoms. The average Bonchev–Trinajstić information content (AvgIpc) is 2.25. The van der Waals surface area contributed by atoms with Crippen LogP contribution < -0.4 is 4.74 Å². The van der Waals surface area contributed by atoms with Gasteiger partial charge in [0.2, 0.25) is 0 Å². The van der Waals surface area contributed by atoms with E-state index in [-0.39, 0.29) is 18.0 Å². The quantitative estimate of drug-likeness (QED) is 0.723. The molecule has 1 aliphatic rings. The van der Waals surface area contributed by atoms with Crippen LogP contribution in [0.1, 0.15) is 20.8 Å². The van der Waals surface area contributed by atoms with Crippen LogP contribution in [0.2, 0.25) is 0 Å². The van der Waals surface area contributed by atoms with E-state index in [2.05, 4.69) is 0 Å². The number of ether oxygens (including phenoxy) is 2. The van der Waals surface area contributed by atoms with Crippen LogP contribution in [0.15, 0.2) is 18.2 Å². The summed E-state index contributed by atoms with van der Waals surface area (Å²) in [5.74, 6) is 0.183. The van der Waals surface area contributed by atoms with E-state index in [1.165, 1.54) is 6.07 Å². The van der Waals surface area contributed by atoms with E-state index < -0.39 is 5.60 Å². The summed E-state index contributed by atoms with van der Waals surface area (Å²) in [7, 11) is 0. The molecule has 1 fully saturated rings. The van der Waals surface area contributed by atoms with Gasteiger partial charge in [0.1, 0.15) is 23.3 Å². The minimum atomic E-state index is -0.498. The van der Waals surface area contributed by atoms with Crippen LogP contribution in [0.3, 0.4) is 0 Å². The normalized spacial score (nSPS) is 15.8. The van der Waals surface area contributed by atoms with Crippen LogP contribution in [-0.2, 0) is 4.74 Å². The first-order valence-corrected chi connectivity index (χ1v) is 7.42. The first-order chi connectivity index (χ1) is 9.24. The van der Waals surface area contributed by atoms with Crippen LogP contribution in [0, 0.1) is 9.39 Å². The molecule has 1 aromatic carbocycles. The van der Waals surface area contributed by atoms with Crippen molar-refractivity contribution >= 4 is 28.7 Å². The largest absolute Gasteiger partial charge is 0.487 e. The molecule has 0 radical (unpaired) electrons. The molecule has 1 saturated heterocycles. The number of carbonyl (C=O) groups is 1. The molecule has 0 bridgehead atoms. The number of halogens is 2. The summed E-state index contributed by atoms with van der Waals surface area (Å²) in [5, 5.41) is 0. The summed E-state index contributed by atoms with van der Waals surface area (Å²) in [6, 6.07) is 4.74. The smallest absolute Gasteiger partial charge is 0.410 e. The van der Waals surface area contributed by atoms with Crippen molar-refractivity contribution in [2.75, 3.05) is 13.1 Å². The molecule has 0 aromatic heterocycles. The number of carbonyl (C=O) groups excluding carboxylic acids is 1. The van der Waals surface area contributed by atoms with Crippen molar-refractivity contribution in [2.24, 2.45) is 0 Å². The van der Waals surface area contributed by atoms with Gasteiger partial charge in [-0.2, -0.15) is 0 Å². The maximum absolute atomic E-state index is 13.4. The molecule has 1 heterocycles. The highest BCUT2D eigenvalue weighted by molar-refractivity contribution is 14.1. The monoisotopic (exact) mass is 393 g/mol. The Hall–Kier alpha value is -1.05. The lowest BCUT2D eigenvalue weighted by atomic mass is 10.1. The number of benzene rings is 1. The number of hydrogen-bond acceptors (Lipinski definition) is 3. The first kappa shape index (κ1) is 15.3. The Labute approximate surface area is 131 Å². The van der Waals surface area contributed by atoms with Gasteiger partial charge in [0.05, 0.1) is 13.1 Å². The Morgan fingerprint density at radius 3 is 2.60 bits per heavy atom. The molecule has 1 aliphatic heterocycles. The number of likely N-dealkylation sites (tertiary alicyclic amines) is 1. The molecular formula is C14H17FINO3. The molecule has 0 spiro atoms. The third kappa shape index (κ3) is 3.97. The zero-order valence-corrected chi connectivity index (χ0v) is 13.8. The van der Waals surface area contributed by atoms with Crippen molar-refractivity contribution < 1.29 is 18.7 Å². The van der Waals surface area contributed by atoms with E-state index in [0.29, 0.717) is 22.4 Å². The zero-order chi connectivity index (χ0) is 14.9. The summed E-state index contributed by atoms with van der Waals surface area (Å²) in [4.78, 5) is 13.3. The molecule has 1 aromatic rings. The lowest BCUT2D eigenvalue weighted by Crippen LogP contribution is -2.57. The van der Waals surface area contributed by atoms with Gasteiger partial charge in [0.25, 0.3) is 0 Å². The number of rotatable bonds is 2. The van der Waals surface area contributed by atoms with E-state index in [4.69, 9.17) is 9.47 Å². The van der Waals surface area contributed by atoms with Gasteiger partial charge in [-0.05, 0) is 55.5 Å². The van der Waals surface area contributed by atoms with Crippen LogP contribution in [0.4, 0.5) is 9.18 Å². The van der Waals surface area contributed by atoms with Crippen molar-refractivity contribution in [1.29, 1.82) is 0 Å². The van der Waals surface area contributed by atoms with Gasteiger partial charge in [0, 0.05) is 9.64 Å². The van der Waals surface area contributed by atoms with Gasteiger partial charge in [0.15, 0.2) is 0 Å². The molecule has 1 amide bonds. The lowest BCUT2D eigenvalue weighted by molar-refractivity contribution is -0.0222. The maximum Gasteiger partial charge on any atom is 0.410 e. The molecule has 0 saturated carbocycles. The van der Waals surface area contributed by atoms with Crippen LogP contribution in [0.5, 0.6) is 5.75 Å². The van der Waals surface area contributed by atoms with Crippen molar-refractivity contribution in [2.45, 2.75) is 32.5 Å². The summed E-state index contributed by atoms with van der Waals surface area (Å²) in [6.07, 6.45) is -0.451. The fraction of sp³-hybridized carbons (Fsp3) is 0.500. The molecular weight excluding hydrogens is 376 g/mol. The first-order valence-electron chi connectivity index (χ1n) is 6.34. The van der Waals surface area contributed by atoms with E-state index in [9.17, 15) is 9.18 Å². The van der Waals surface area contributed by atoms with E-state index in [1.807, 2.05) is 43.4 Å². The predicted molar refractivity (Wildman–Crippen MR) is 81.3 cm³/mol. The third-order valence-electron chi connectivity index (χ3n) is 2.69. The van der Waals surface area contributed by atoms with Gasteiger partial charge in [-0.3, -0.25) is 0 Å². The molecule has 0 aliphatic carbocycles. The number of nitrogens with zero attached hydrogens (tertiary/aromatic N) is 1. The second-order valence-corrected chi connectivity index (χ2v) is 6.86. The maximum atomic E-state index is 13.4. The fourth-order valence-electron chi connectivity index (χ4n) is 1.73. The van der Waals surface area contributed by atoms with E-state index in [1.54, 1.807) is 17.0 Å². The third-order valence-corrected chi connectivity index (χ3v) is 3.57. The van der Waals surface area contributed by atoms with Crippen LogP contribution in [0.25, 0.3) is 0 Å². The number of amides is 1. The van der Waals surface area contributed by atoms with E-state index in [0.717, 1.165) is 0 Å². The van der Waals surface area contributed by atoms with Gasteiger partial charge >= 0.3 is 6.09 Å². The molecule has 110 valence electrons. The second kappa shape index (κ2) is 5.75. The van der Waals surface area contributed by atoms with Crippen molar-refractivity contribution in [3.05, 3.63) is 27.6 Å². The van der Waals surface area contributed by atoms with Gasteiger partial charge < -0.3 is 14.4 Å². The standard InChI is InChI=1S/C14H17FINO3/c1-14(2,3)20-13(18)17-7-10(8-17)19-9-4-5-12(16)11(15)6-9/h4-6,10H,7-8H2,1-3H3. The summed E-state index contributed by atoms with van der Waals surface area (Å²) in [5.41, 5.74) is -0.498. The van der Waals surface area contributed by atoms with Gasteiger partial charge in [-0.15, -0.1) is 0 Å². The van der Waals surface area contributed by atoms with Gasteiger partial charge in [-0.1, -0.05) is 0 Å². The van der Waals surface area contributed by atoms with Crippen molar-refractivity contribution in [3.8, 4) is 5.75 Å². The van der Waals surface area contributed by atoms with Gasteiger partial charge in [-0.25, -0.2) is 9.18 Å². The molecule has 0 N–H and O–H groups in total. The van der Waals surface area contributed by atoms with Crippen LogP contribution >= 0.6 is 22.6 Å². The second-order valence-electron chi connectivity index (χ2n) is 5.70. The highest BCUT2D eigenvalue weighted by Crippen LogP contribution is 2.23. The summed E-state index contributed by atoms with van der Waals surface area (Å²) in [6.45, 7) is 6.40. The molecule has 0 unspecified atom stereocenters. The van der Waals surface area contributed by atoms with Crippen LogP contribution in [-0.4, -0.2) is 35.8 Å². The summed E-state index contributed by atoms with van der Waals surface area (Å²) < 4.78 is 24.8. The average molecular weight is 393 g/mol. The molecule has 2 rings (SSSR count). The molecule has 0 atom stereocenters. The Kier molecular flexibility index (Phi) is 4.41. The highest BCUT2D eigenvalue weighted by Gasteiger charge is 2.35. The summed E-state index contributed by atoms with van der Waals surface area (Å²) >= 11 is 1.92. The van der Waals surface area contributed by atoms with Crippen molar-refractivity contribution in [3.63, 3.8) is 0 Å². The Bertz CT molecular complexity index is 510. The minimum Gasteiger partial charge on any atom is -0.487 e. The SMILES string of the molecule is CC(C)(C)OC(=O)N1CC(Oc2ccc(I)c(F)c2)C1. The highest BCUT2D eigenvalue weighted by atomic mass is 127. The lowest BCUT2D eigenvalue weighted by Gasteiger charge is -2.39.